The highest BCUT2D eigenvalue weighted by atomic mass is 16.5. The topological polar surface area (TPSA) is 237 Å². The molecule has 0 bridgehead atoms. The minimum Gasteiger partial charge on any atom is -0.376 e. The van der Waals surface area contributed by atoms with E-state index in [1.807, 2.05) is 261 Å². The van der Waals surface area contributed by atoms with E-state index in [9.17, 15) is 0 Å². The van der Waals surface area contributed by atoms with Crippen LogP contribution in [-0.2, 0) is 69.3 Å². The predicted octanol–water partition coefficient (Wildman–Crippen LogP) is 21.3. The van der Waals surface area contributed by atoms with Gasteiger partial charge in [-0.3, -0.25) is 0 Å². The Hall–Kier alpha value is -7.07. The Morgan fingerprint density at radius 2 is 0.750 bits per heavy atom. The SMILES string of the molecule is C.C.C.C.C.CC.CC.CC.CC.CC.CC.CC.CC.CC.CC.CC.CC.CC.CC.CCc1nc(C)nc2c3c(nn12)CCCC3.CCc1nc(C)nc2c3c(nn12)CCNC3.CCc1nc(C)nc2c3c(nn12)CCOC3.CCc1nc(C)nn2ccnc12.Cc1nc(C)n2nccc2n1.[B].[B].[B].[B]. The first-order valence-corrected chi connectivity index (χ1v) is 38.8. The van der Waals surface area contributed by atoms with Crippen molar-refractivity contribution in [3.05, 3.63) is 117 Å². The molecule has 0 aromatic carbocycles. The van der Waals surface area contributed by atoms with Gasteiger partial charge in [0.2, 0.25) is 0 Å². The summed E-state index contributed by atoms with van der Waals surface area (Å²) >= 11 is 0. The molecule has 108 heavy (non-hydrogen) atoms. The first kappa shape index (κ1) is 136. The largest absolute Gasteiger partial charge is 0.376 e. The van der Waals surface area contributed by atoms with Crippen molar-refractivity contribution < 1.29 is 4.74 Å². The molecule has 26 heteroatoms. The molecule has 0 unspecified atom stereocenters. The summed E-state index contributed by atoms with van der Waals surface area (Å²) in [6.45, 7) is 79.1. The van der Waals surface area contributed by atoms with Gasteiger partial charge in [0.05, 0.1) is 42.2 Å². The van der Waals surface area contributed by atoms with Gasteiger partial charge in [0.1, 0.15) is 52.4 Å². The zero-order chi connectivity index (χ0) is 77.8. The van der Waals surface area contributed by atoms with Gasteiger partial charge in [-0.05, 0) is 73.6 Å². The molecule has 12 radical (unpaired) electrons. The van der Waals surface area contributed by atoms with E-state index < -0.39 is 0 Å². The lowest BCUT2D eigenvalue weighted by Gasteiger charge is -2.10. The molecule has 13 rings (SSSR count). The number of fused-ring (bicyclic) bond motifs is 11. The Labute approximate surface area is 673 Å². The van der Waals surface area contributed by atoms with Crippen molar-refractivity contribution >= 4 is 61.9 Å². The molecule has 3 aliphatic rings. The third-order valence-electron chi connectivity index (χ3n) is 12.4. The number of aromatic nitrogens is 20. The quantitative estimate of drug-likeness (QED) is 0.161. The van der Waals surface area contributed by atoms with Gasteiger partial charge in [0.15, 0.2) is 28.2 Å². The molecule has 10 aromatic heterocycles. The van der Waals surface area contributed by atoms with E-state index in [1.165, 1.54) is 35.4 Å². The van der Waals surface area contributed by atoms with E-state index in [0.29, 0.717) is 6.61 Å². The van der Waals surface area contributed by atoms with Crippen LogP contribution in [0.2, 0.25) is 0 Å². The highest BCUT2D eigenvalue weighted by Crippen LogP contribution is 2.25. The molecule has 1 aliphatic carbocycles. The number of rotatable bonds is 4. The van der Waals surface area contributed by atoms with Gasteiger partial charge in [-0.25, -0.2) is 72.4 Å². The third kappa shape index (κ3) is 42.2. The highest BCUT2D eigenvalue weighted by molar-refractivity contribution is 5.76. The van der Waals surface area contributed by atoms with Crippen LogP contribution in [0, 0.1) is 41.5 Å². The van der Waals surface area contributed by atoms with Gasteiger partial charge in [0, 0.05) is 114 Å². The molecule has 618 valence electrons. The number of imidazole rings is 1. The Balaban J connectivity index is -0.0000000700. The van der Waals surface area contributed by atoms with E-state index in [2.05, 4.69) is 108 Å². The van der Waals surface area contributed by atoms with Gasteiger partial charge in [-0.1, -0.05) is 259 Å². The summed E-state index contributed by atoms with van der Waals surface area (Å²) in [5, 5.41) is 25.5. The summed E-state index contributed by atoms with van der Waals surface area (Å²) in [4.78, 5) is 43.6. The van der Waals surface area contributed by atoms with Crippen LogP contribution >= 0.6 is 0 Å². The van der Waals surface area contributed by atoms with Crippen LogP contribution in [0.3, 0.4) is 0 Å². The van der Waals surface area contributed by atoms with Gasteiger partial charge in [0.25, 0.3) is 0 Å². The van der Waals surface area contributed by atoms with Crippen molar-refractivity contribution in [1.29, 1.82) is 0 Å². The predicted molar refractivity (Wildman–Crippen MR) is 481 cm³/mol. The average Bonchev–Trinajstić information content (AvgIpc) is 1.64. The minimum atomic E-state index is 0. The molecule has 0 fully saturated rings. The van der Waals surface area contributed by atoms with Crippen molar-refractivity contribution in [2.24, 2.45) is 0 Å². The molecular formula is C82H167B4N21O. The normalized spacial score (nSPS) is 9.91. The van der Waals surface area contributed by atoms with Crippen molar-refractivity contribution in [2.75, 3.05) is 13.2 Å². The molecular weight excluding hydrogens is 1340 g/mol. The minimum absolute atomic E-state index is 0. The molecule has 0 saturated heterocycles. The van der Waals surface area contributed by atoms with E-state index in [4.69, 9.17) is 4.74 Å². The summed E-state index contributed by atoms with van der Waals surface area (Å²) in [6.07, 6.45) is 15.4. The fourth-order valence-electron chi connectivity index (χ4n) is 9.16. The van der Waals surface area contributed by atoms with Gasteiger partial charge in [-0.2, -0.15) is 25.5 Å². The Morgan fingerprint density at radius 1 is 0.370 bits per heavy atom. The van der Waals surface area contributed by atoms with Gasteiger partial charge >= 0.3 is 0 Å². The standard InChI is InChI=1S/C12H16N4.C11H15N5.C11H14N4O.C8H10N4.C7H8N4.14C2H6.5CH4.4B/c1-3-11-13-8(2)14-12-9-6-4-5-7-10(9)15-16(11)12;1-3-10-13-7(2)14-11-8-6-12-5-4-9(8)15-16(10)11;1-3-10-12-7(2)13-11-8-6-16-5-4-9(8)14-15(10)11;1-3-7-8-9-4-5-12(8)11-6(2)10-7;1-5-9-6(2)11-7(10-5)3-4-8-11;14*1-2;;;;;;;;;/h3-7H2,1-2H3;12H,3-6H2,1-2H3;3-6H2,1-2H3;4-5H,3H2,1-2H3;3-4H,1-2H3;14*1-2H3;5*1H4;;;;. The lowest BCUT2D eigenvalue weighted by Crippen LogP contribution is -2.23. The van der Waals surface area contributed by atoms with Crippen LogP contribution in [0.1, 0.15) is 363 Å². The van der Waals surface area contributed by atoms with E-state index in [0.717, 1.165) is 169 Å². The number of hydrogen-bond acceptors (Lipinski definition) is 17. The first-order valence-electron chi connectivity index (χ1n) is 38.8. The van der Waals surface area contributed by atoms with Crippen molar-refractivity contribution in [2.45, 2.75) is 378 Å². The summed E-state index contributed by atoms with van der Waals surface area (Å²) in [5.41, 5.74) is 12.9. The maximum atomic E-state index is 5.46. The number of nitrogens with zero attached hydrogens (tertiary/aromatic N) is 20. The van der Waals surface area contributed by atoms with Crippen LogP contribution in [0.15, 0.2) is 24.7 Å². The second-order valence-electron chi connectivity index (χ2n) is 17.6. The monoisotopic (exact) mass is 1510 g/mol. The maximum Gasteiger partial charge on any atom is 0.175 e. The van der Waals surface area contributed by atoms with Gasteiger partial charge < -0.3 is 10.1 Å². The third-order valence-corrected chi connectivity index (χ3v) is 12.4. The van der Waals surface area contributed by atoms with Crippen LogP contribution in [-0.4, -0.2) is 145 Å². The molecule has 1 N–H and O–H groups in total. The second-order valence-corrected chi connectivity index (χ2v) is 17.6. The molecule has 22 nitrogen and oxygen atoms in total. The van der Waals surface area contributed by atoms with Crippen LogP contribution in [0.25, 0.3) is 28.2 Å². The molecule has 0 amide bonds. The summed E-state index contributed by atoms with van der Waals surface area (Å²) in [5.74, 6) is 7.93. The lowest BCUT2D eigenvalue weighted by molar-refractivity contribution is 0.111. The molecule has 0 spiro atoms. The van der Waals surface area contributed by atoms with E-state index >= 15 is 0 Å². The zero-order valence-electron chi connectivity index (χ0n) is 72.9. The lowest BCUT2D eigenvalue weighted by atomic mass is 9.98. The fraction of sp³-hybridized carbons (Fsp3) is 0.695. The molecule has 2 aliphatic heterocycles. The average molecular weight is 1510 g/mol. The Bertz CT molecular complexity index is 3290. The van der Waals surface area contributed by atoms with Gasteiger partial charge in [-0.15, -0.1) is 0 Å². The van der Waals surface area contributed by atoms with Crippen molar-refractivity contribution in [3.8, 4) is 0 Å². The molecule has 0 atom stereocenters. The Kier molecular flexibility index (Phi) is 110. The van der Waals surface area contributed by atoms with Crippen LogP contribution in [0.5, 0.6) is 0 Å². The number of ether oxygens (including phenoxy) is 1. The summed E-state index contributed by atoms with van der Waals surface area (Å²) in [7, 11) is 0. The molecule has 12 heterocycles. The second kappa shape index (κ2) is 87.2. The Morgan fingerprint density at radius 3 is 1.17 bits per heavy atom. The highest BCUT2D eigenvalue weighted by Gasteiger charge is 2.22. The summed E-state index contributed by atoms with van der Waals surface area (Å²) < 4.78 is 14.7. The van der Waals surface area contributed by atoms with E-state index in [1.54, 1.807) is 21.4 Å². The van der Waals surface area contributed by atoms with Crippen LogP contribution < -0.4 is 5.32 Å². The zero-order valence-corrected chi connectivity index (χ0v) is 72.9. The smallest absolute Gasteiger partial charge is 0.175 e. The van der Waals surface area contributed by atoms with E-state index in [-0.39, 0.29) is 70.8 Å². The number of nitrogens with one attached hydrogen (secondary N) is 1. The number of hydrogen-bond donors (Lipinski definition) is 1. The molecule has 0 saturated carbocycles. The van der Waals surface area contributed by atoms with Crippen LogP contribution in [0.4, 0.5) is 0 Å². The fourth-order valence-corrected chi connectivity index (χ4v) is 9.16. The van der Waals surface area contributed by atoms with Crippen molar-refractivity contribution in [3.63, 3.8) is 0 Å². The maximum absolute atomic E-state index is 5.46. The van der Waals surface area contributed by atoms with Crippen molar-refractivity contribution in [1.82, 2.24) is 103 Å². The number of aryl methyl sites for hydroxylation is 12. The first-order chi connectivity index (χ1) is 48.5. The summed E-state index contributed by atoms with van der Waals surface area (Å²) in [6, 6.07) is 1.86. The molecule has 10 aromatic rings.